The van der Waals surface area contributed by atoms with Gasteiger partial charge in [-0.15, -0.1) is 11.6 Å². The molecule has 1 unspecified atom stereocenters. The number of aliphatic hydroxyl groups excluding tert-OH is 1. The van der Waals surface area contributed by atoms with Crippen molar-refractivity contribution in [1.29, 1.82) is 0 Å². The van der Waals surface area contributed by atoms with Crippen LogP contribution >= 0.6 is 11.6 Å². The van der Waals surface area contributed by atoms with Gasteiger partial charge >= 0.3 is 6.09 Å². The van der Waals surface area contributed by atoms with E-state index in [9.17, 15) is 9.90 Å². The van der Waals surface area contributed by atoms with Crippen molar-refractivity contribution < 1.29 is 14.6 Å². The minimum Gasteiger partial charge on any atom is -0.444 e. The summed E-state index contributed by atoms with van der Waals surface area (Å²) in [6.45, 7) is 8.20. The van der Waals surface area contributed by atoms with E-state index in [1.54, 1.807) is 0 Å². The van der Waals surface area contributed by atoms with Crippen LogP contribution in [-0.4, -0.2) is 35.3 Å². The van der Waals surface area contributed by atoms with E-state index in [1.165, 1.54) is 0 Å². The summed E-state index contributed by atoms with van der Waals surface area (Å²) in [6.07, 6.45) is -1.04. The molecule has 0 aliphatic rings. The van der Waals surface area contributed by atoms with Crippen LogP contribution < -0.4 is 10.6 Å². The molecule has 0 aliphatic carbocycles. The van der Waals surface area contributed by atoms with Crippen molar-refractivity contribution in [1.82, 2.24) is 5.32 Å². The summed E-state index contributed by atoms with van der Waals surface area (Å²) >= 11 is 5.57. The first-order valence-electron chi connectivity index (χ1n) is 7.25. The number of alkyl halides is 1. The number of aliphatic hydroxyl groups is 1. The summed E-state index contributed by atoms with van der Waals surface area (Å²) < 4.78 is 5.20. The molecule has 0 saturated carbocycles. The average Bonchev–Trinajstić information content (AvgIpc) is 2.40. The van der Waals surface area contributed by atoms with Gasteiger partial charge in [-0.3, -0.25) is 0 Å². The summed E-state index contributed by atoms with van der Waals surface area (Å²) in [6, 6.07) is 5.88. The first-order valence-corrected chi connectivity index (χ1v) is 7.78. The van der Waals surface area contributed by atoms with Crippen LogP contribution in [0.3, 0.4) is 0 Å². The highest BCUT2D eigenvalue weighted by Gasteiger charge is 2.15. The maximum absolute atomic E-state index is 11.7. The number of anilines is 1. The second-order valence-corrected chi connectivity index (χ2v) is 6.56. The Hall–Kier alpha value is -1.46. The quantitative estimate of drug-likeness (QED) is 0.702. The van der Waals surface area contributed by atoms with Gasteiger partial charge in [0, 0.05) is 18.8 Å². The number of amides is 1. The number of nitrogens with one attached hydrogen (secondary N) is 2. The normalized spacial score (nSPS) is 12.6. The van der Waals surface area contributed by atoms with Crippen molar-refractivity contribution in [2.24, 2.45) is 0 Å². The van der Waals surface area contributed by atoms with Gasteiger partial charge in [0.15, 0.2) is 0 Å². The van der Waals surface area contributed by atoms with Gasteiger partial charge in [0.2, 0.25) is 0 Å². The third kappa shape index (κ3) is 7.52. The second-order valence-electron chi connectivity index (χ2n) is 6.25. The molecule has 0 fully saturated rings. The third-order valence-electron chi connectivity index (χ3n) is 2.69. The molecule has 1 aromatic rings. The number of aryl methyl sites for hydroxylation is 1. The molecule has 0 spiro atoms. The molecule has 1 amide bonds. The molecule has 6 heteroatoms. The van der Waals surface area contributed by atoms with Crippen LogP contribution in [-0.2, 0) is 11.3 Å². The number of carbonyl (C=O) groups excluding carboxylic acids is 1. The summed E-state index contributed by atoms with van der Waals surface area (Å²) in [5.74, 6) is 0.186. The molecule has 124 valence electrons. The van der Waals surface area contributed by atoms with E-state index < -0.39 is 17.8 Å². The molecule has 5 nitrogen and oxygen atoms in total. The maximum Gasteiger partial charge on any atom is 0.407 e. The van der Waals surface area contributed by atoms with E-state index in [0.717, 1.165) is 16.8 Å². The number of ether oxygens (including phenoxy) is 1. The van der Waals surface area contributed by atoms with Gasteiger partial charge in [-0.1, -0.05) is 6.07 Å². The Morgan fingerprint density at radius 3 is 2.64 bits per heavy atom. The van der Waals surface area contributed by atoms with Gasteiger partial charge in [-0.2, -0.15) is 0 Å². The van der Waals surface area contributed by atoms with E-state index in [2.05, 4.69) is 10.6 Å². The maximum atomic E-state index is 11.7. The van der Waals surface area contributed by atoms with Gasteiger partial charge in [0.1, 0.15) is 5.60 Å². The molecule has 0 bridgehead atoms. The van der Waals surface area contributed by atoms with Gasteiger partial charge in [-0.25, -0.2) is 4.79 Å². The van der Waals surface area contributed by atoms with Crippen molar-refractivity contribution >= 4 is 23.4 Å². The fourth-order valence-electron chi connectivity index (χ4n) is 1.85. The zero-order valence-electron chi connectivity index (χ0n) is 13.6. The highest BCUT2D eigenvalue weighted by molar-refractivity contribution is 6.18. The Balaban J connectivity index is 2.60. The zero-order valence-corrected chi connectivity index (χ0v) is 14.3. The molecular formula is C16H25ClN2O3. The molecule has 1 rings (SSSR count). The monoisotopic (exact) mass is 328 g/mol. The van der Waals surface area contributed by atoms with E-state index in [0.29, 0.717) is 13.1 Å². The number of rotatable bonds is 6. The van der Waals surface area contributed by atoms with Gasteiger partial charge in [-0.05, 0) is 51.0 Å². The lowest BCUT2D eigenvalue weighted by Crippen LogP contribution is -2.32. The standard InChI is InChI=1S/C16H25ClN2O3/c1-11-5-12(9-19-15(21)22-16(2,3)4)7-13(6-11)18-10-14(20)8-17/h5-7,14,18,20H,8-10H2,1-4H3,(H,19,21). The van der Waals surface area contributed by atoms with Crippen LogP contribution in [0.2, 0.25) is 0 Å². The number of hydrogen-bond acceptors (Lipinski definition) is 4. The summed E-state index contributed by atoms with van der Waals surface area (Å²) in [5, 5.41) is 15.3. The Morgan fingerprint density at radius 1 is 1.36 bits per heavy atom. The molecule has 3 N–H and O–H groups in total. The summed E-state index contributed by atoms with van der Waals surface area (Å²) in [5.41, 5.74) is 2.38. The van der Waals surface area contributed by atoms with Gasteiger partial charge in [0.25, 0.3) is 0 Å². The van der Waals surface area contributed by atoms with Crippen LogP contribution in [0.5, 0.6) is 0 Å². The Bertz CT molecular complexity index is 501. The third-order valence-corrected chi connectivity index (χ3v) is 3.05. The van der Waals surface area contributed by atoms with Crippen molar-refractivity contribution in [2.45, 2.75) is 45.9 Å². The zero-order chi connectivity index (χ0) is 16.8. The van der Waals surface area contributed by atoms with Crippen molar-refractivity contribution in [2.75, 3.05) is 17.7 Å². The number of alkyl carbamates (subject to hydrolysis) is 1. The lowest BCUT2D eigenvalue weighted by Gasteiger charge is -2.20. The van der Waals surface area contributed by atoms with Crippen LogP contribution in [0.4, 0.5) is 10.5 Å². The van der Waals surface area contributed by atoms with Crippen LogP contribution in [0, 0.1) is 6.92 Å². The first kappa shape index (κ1) is 18.6. The van der Waals surface area contributed by atoms with E-state index in [4.69, 9.17) is 16.3 Å². The van der Waals surface area contributed by atoms with Crippen molar-refractivity contribution in [3.63, 3.8) is 0 Å². The van der Waals surface area contributed by atoms with E-state index in [1.807, 2.05) is 45.9 Å². The van der Waals surface area contributed by atoms with E-state index >= 15 is 0 Å². The largest absolute Gasteiger partial charge is 0.444 e. The summed E-state index contributed by atoms with van der Waals surface area (Å²) in [4.78, 5) is 11.7. The molecule has 1 aromatic carbocycles. The molecule has 0 heterocycles. The second kappa shape index (κ2) is 8.25. The Kier molecular flexibility index (Phi) is 6.97. The lowest BCUT2D eigenvalue weighted by molar-refractivity contribution is 0.0523. The molecule has 1 atom stereocenters. The van der Waals surface area contributed by atoms with E-state index in [-0.39, 0.29) is 5.88 Å². The predicted octanol–water partition coefficient (Wildman–Crippen LogP) is 3.03. The Labute approximate surface area is 137 Å². The number of hydrogen-bond donors (Lipinski definition) is 3. The van der Waals surface area contributed by atoms with Crippen molar-refractivity contribution in [3.8, 4) is 0 Å². The molecular weight excluding hydrogens is 304 g/mol. The van der Waals surface area contributed by atoms with Crippen LogP contribution in [0.1, 0.15) is 31.9 Å². The smallest absolute Gasteiger partial charge is 0.407 e. The van der Waals surface area contributed by atoms with Crippen molar-refractivity contribution in [3.05, 3.63) is 29.3 Å². The number of benzene rings is 1. The molecule has 0 aromatic heterocycles. The predicted molar refractivity (Wildman–Crippen MR) is 89.5 cm³/mol. The number of carbonyl (C=O) groups is 1. The highest BCUT2D eigenvalue weighted by Crippen LogP contribution is 2.15. The fourth-order valence-corrected chi connectivity index (χ4v) is 1.95. The minimum absolute atomic E-state index is 0.186. The SMILES string of the molecule is Cc1cc(CNC(=O)OC(C)(C)C)cc(NCC(O)CCl)c1. The molecule has 0 aliphatic heterocycles. The molecule has 0 radical (unpaired) electrons. The molecule has 0 saturated heterocycles. The topological polar surface area (TPSA) is 70.6 Å². The average molecular weight is 329 g/mol. The first-order chi connectivity index (χ1) is 10.2. The summed E-state index contributed by atoms with van der Waals surface area (Å²) in [7, 11) is 0. The number of halogens is 1. The van der Waals surface area contributed by atoms with Gasteiger partial charge in [0.05, 0.1) is 12.0 Å². The van der Waals surface area contributed by atoms with Crippen LogP contribution in [0.25, 0.3) is 0 Å². The fraction of sp³-hybridized carbons (Fsp3) is 0.562. The highest BCUT2D eigenvalue weighted by atomic mass is 35.5. The Morgan fingerprint density at radius 2 is 2.05 bits per heavy atom. The lowest BCUT2D eigenvalue weighted by atomic mass is 10.1. The minimum atomic E-state index is -0.592. The molecule has 22 heavy (non-hydrogen) atoms. The van der Waals surface area contributed by atoms with Gasteiger partial charge < -0.3 is 20.5 Å². The van der Waals surface area contributed by atoms with Crippen LogP contribution in [0.15, 0.2) is 18.2 Å².